The maximum Gasteiger partial charge on any atom is 0.325 e. The van der Waals surface area contributed by atoms with Crippen LogP contribution in [0.4, 0.5) is 4.39 Å². The van der Waals surface area contributed by atoms with E-state index in [4.69, 9.17) is 0 Å². The molecule has 0 saturated carbocycles. The summed E-state index contributed by atoms with van der Waals surface area (Å²) in [5, 5.41) is 12.4. The van der Waals surface area contributed by atoms with Gasteiger partial charge in [0.2, 0.25) is 5.91 Å². The molecule has 1 aromatic rings. The van der Waals surface area contributed by atoms with Crippen molar-refractivity contribution in [3.63, 3.8) is 0 Å². The molecule has 25 heavy (non-hydrogen) atoms. The van der Waals surface area contributed by atoms with E-state index in [1.165, 1.54) is 6.07 Å². The molecular formula is C18H26FN3O3. The monoisotopic (exact) mass is 351 g/mol. The van der Waals surface area contributed by atoms with E-state index in [2.05, 4.69) is 5.32 Å². The number of carbonyl (C=O) groups excluding carboxylic acids is 1. The molecule has 1 heterocycles. The third-order valence-electron chi connectivity index (χ3n) is 4.27. The van der Waals surface area contributed by atoms with E-state index in [1.807, 2.05) is 18.7 Å². The third-order valence-corrected chi connectivity index (χ3v) is 4.27. The number of rotatable bonds is 6. The van der Waals surface area contributed by atoms with Crippen LogP contribution in [0.3, 0.4) is 0 Å². The highest BCUT2D eigenvalue weighted by Crippen LogP contribution is 2.25. The first kappa shape index (κ1) is 19.3. The highest BCUT2D eigenvalue weighted by molar-refractivity contribution is 5.78. The lowest BCUT2D eigenvalue weighted by Crippen LogP contribution is -2.52. The summed E-state index contributed by atoms with van der Waals surface area (Å²) in [4.78, 5) is 27.3. The van der Waals surface area contributed by atoms with Crippen molar-refractivity contribution < 1.29 is 19.1 Å². The topological polar surface area (TPSA) is 72.9 Å². The molecule has 0 aliphatic carbocycles. The zero-order chi connectivity index (χ0) is 18.6. The van der Waals surface area contributed by atoms with Gasteiger partial charge in [-0.3, -0.25) is 19.4 Å². The van der Waals surface area contributed by atoms with E-state index in [0.717, 1.165) is 5.56 Å². The number of hydrogen-bond acceptors (Lipinski definition) is 4. The lowest BCUT2D eigenvalue weighted by atomic mass is 10.0. The van der Waals surface area contributed by atoms with Gasteiger partial charge in [0.1, 0.15) is 11.9 Å². The summed E-state index contributed by atoms with van der Waals surface area (Å²) in [5.41, 5.74) is 0.940. The smallest absolute Gasteiger partial charge is 0.325 e. The molecule has 1 atom stereocenters. The van der Waals surface area contributed by atoms with Crippen molar-refractivity contribution in [2.75, 3.05) is 32.7 Å². The number of carboxylic acids is 1. The first-order valence-electron chi connectivity index (χ1n) is 8.52. The zero-order valence-electron chi connectivity index (χ0n) is 15.0. The third kappa shape index (κ3) is 5.24. The van der Waals surface area contributed by atoms with Crippen molar-refractivity contribution in [2.45, 2.75) is 32.9 Å². The van der Waals surface area contributed by atoms with Crippen molar-refractivity contribution in [2.24, 2.45) is 0 Å². The van der Waals surface area contributed by atoms with E-state index in [0.29, 0.717) is 32.7 Å². The average molecular weight is 351 g/mol. The number of amides is 1. The number of hydrogen-bond donors (Lipinski definition) is 2. The van der Waals surface area contributed by atoms with Crippen molar-refractivity contribution >= 4 is 11.9 Å². The highest BCUT2D eigenvalue weighted by Gasteiger charge is 2.32. The molecule has 6 nitrogen and oxygen atoms in total. The summed E-state index contributed by atoms with van der Waals surface area (Å²) < 4.78 is 14.2. The number of carboxylic acid groups (broad SMARTS) is 1. The van der Waals surface area contributed by atoms with Gasteiger partial charge in [-0.05, 0) is 32.4 Å². The highest BCUT2D eigenvalue weighted by atomic mass is 19.1. The second-order valence-corrected chi connectivity index (χ2v) is 6.80. The molecule has 1 aliphatic rings. The first-order chi connectivity index (χ1) is 11.8. The maximum atomic E-state index is 14.2. The number of carbonyl (C=O) groups is 2. The van der Waals surface area contributed by atoms with Gasteiger partial charge in [0.25, 0.3) is 0 Å². The van der Waals surface area contributed by atoms with E-state index in [1.54, 1.807) is 24.0 Å². The number of nitrogens with zero attached hydrogens (tertiary/aromatic N) is 2. The van der Waals surface area contributed by atoms with Gasteiger partial charge in [-0.25, -0.2) is 4.39 Å². The van der Waals surface area contributed by atoms with E-state index < -0.39 is 17.8 Å². The number of halogens is 1. The zero-order valence-corrected chi connectivity index (χ0v) is 15.0. The largest absolute Gasteiger partial charge is 0.480 e. The molecule has 1 unspecified atom stereocenters. The Balaban J connectivity index is 2.01. The molecule has 1 aromatic carbocycles. The summed E-state index contributed by atoms with van der Waals surface area (Å²) in [6, 6.07) is 3.71. The molecule has 1 aliphatic heterocycles. The Kier molecular flexibility index (Phi) is 6.50. The fourth-order valence-electron chi connectivity index (χ4n) is 3.09. The van der Waals surface area contributed by atoms with Gasteiger partial charge in [-0.2, -0.15) is 0 Å². The van der Waals surface area contributed by atoms with Gasteiger partial charge in [0.05, 0.1) is 6.54 Å². The molecule has 7 heteroatoms. The SMILES string of the molecule is Cc1ccc(C(C(=O)O)N2CCN(CC(=O)NC(C)C)CC2)c(F)c1. The minimum Gasteiger partial charge on any atom is -0.480 e. The lowest BCUT2D eigenvalue weighted by Gasteiger charge is -2.37. The second-order valence-electron chi connectivity index (χ2n) is 6.80. The van der Waals surface area contributed by atoms with Gasteiger partial charge in [-0.1, -0.05) is 12.1 Å². The Morgan fingerprint density at radius 2 is 1.88 bits per heavy atom. The standard InChI is InChI=1S/C18H26FN3O3/c1-12(2)20-16(23)11-21-6-8-22(9-7-21)17(18(24)25)14-5-4-13(3)10-15(14)19/h4-5,10,12,17H,6-9,11H2,1-3H3,(H,20,23)(H,24,25). The van der Waals surface area contributed by atoms with Gasteiger partial charge in [0, 0.05) is 37.8 Å². The van der Waals surface area contributed by atoms with Crippen LogP contribution in [0.25, 0.3) is 0 Å². The quantitative estimate of drug-likeness (QED) is 0.811. The summed E-state index contributed by atoms with van der Waals surface area (Å²) >= 11 is 0. The van der Waals surface area contributed by atoms with Crippen LogP contribution in [-0.2, 0) is 9.59 Å². The first-order valence-corrected chi connectivity index (χ1v) is 8.52. The number of aliphatic carboxylic acids is 1. The van der Waals surface area contributed by atoms with Crippen molar-refractivity contribution in [3.8, 4) is 0 Å². The summed E-state index contributed by atoms with van der Waals surface area (Å²) in [6.45, 7) is 7.96. The molecule has 0 spiro atoms. The van der Waals surface area contributed by atoms with Gasteiger partial charge < -0.3 is 10.4 Å². The molecule has 0 radical (unpaired) electrons. The number of piperazine rings is 1. The molecule has 138 valence electrons. The van der Waals surface area contributed by atoms with Crippen molar-refractivity contribution in [3.05, 3.63) is 35.1 Å². The second kappa shape index (κ2) is 8.40. The summed E-state index contributed by atoms with van der Waals surface area (Å²) in [7, 11) is 0. The van der Waals surface area contributed by atoms with Crippen LogP contribution in [0.2, 0.25) is 0 Å². The Morgan fingerprint density at radius 1 is 1.24 bits per heavy atom. The predicted octanol–water partition coefficient (Wildman–Crippen LogP) is 1.40. The van der Waals surface area contributed by atoms with Crippen LogP contribution in [-0.4, -0.2) is 65.5 Å². The van der Waals surface area contributed by atoms with Crippen molar-refractivity contribution in [1.82, 2.24) is 15.1 Å². The maximum absolute atomic E-state index is 14.2. The molecule has 0 bridgehead atoms. The number of nitrogens with one attached hydrogen (secondary N) is 1. The van der Waals surface area contributed by atoms with Crippen LogP contribution < -0.4 is 5.32 Å². The molecule has 1 saturated heterocycles. The van der Waals surface area contributed by atoms with Gasteiger partial charge >= 0.3 is 5.97 Å². The van der Waals surface area contributed by atoms with Gasteiger partial charge in [-0.15, -0.1) is 0 Å². The summed E-state index contributed by atoms with van der Waals surface area (Å²) in [5.74, 6) is -1.59. The molecule has 2 N–H and O–H groups in total. The van der Waals surface area contributed by atoms with Crippen LogP contribution in [0.5, 0.6) is 0 Å². The Labute approximate surface area is 147 Å². The molecule has 1 amide bonds. The number of benzene rings is 1. The van der Waals surface area contributed by atoms with Crippen LogP contribution in [0, 0.1) is 12.7 Å². The molecular weight excluding hydrogens is 325 g/mol. The van der Waals surface area contributed by atoms with Gasteiger partial charge in [0.15, 0.2) is 0 Å². The van der Waals surface area contributed by atoms with Crippen LogP contribution in [0.15, 0.2) is 18.2 Å². The molecule has 0 aromatic heterocycles. The Hall–Kier alpha value is -1.99. The predicted molar refractivity (Wildman–Crippen MR) is 92.8 cm³/mol. The minimum atomic E-state index is -1.06. The van der Waals surface area contributed by atoms with Crippen LogP contribution in [0.1, 0.15) is 31.0 Å². The van der Waals surface area contributed by atoms with Crippen molar-refractivity contribution in [1.29, 1.82) is 0 Å². The van der Waals surface area contributed by atoms with Crippen LogP contribution >= 0.6 is 0 Å². The molecule has 1 fully saturated rings. The lowest BCUT2D eigenvalue weighted by molar-refractivity contribution is -0.144. The van der Waals surface area contributed by atoms with E-state index >= 15 is 0 Å². The van der Waals surface area contributed by atoms with E-state index in [-0.39, 0.29) is 17.5 Å². The Morgan fingerprint density at radius 3 is 2.40 bits per heavy atom. The average Bonchev–Trinajstić information content (AvgIpc) is 2.50. The van der Waals surface area contributed by atoms with E-state index in [9.17, 15) is 19.1 Å². The molecule has 2 rings (SSSR count). The summed E-state index contributed by atoms with van der Waals surface area (Å²) in [6.07, 6.45) is 0. The number of aryl methyl sites for hydroxylation is 1. The fraction of sp³-hybridized carbons (Fsp3) is 0.556. The normalized spacial score (nSPS) is 17.5. The minimum absolute atomic E-state index is 0.0391. The Bertz CT molecular complexity index is 628. The fourth-order valence-corrected chi connectivity index (χ4v) is 3.09.